The predicted octanol–water partition coefficient (Wildman–Crippen LogP) is 8.36. The number of rotatable bonds is 6. The Kier molecular flexibility index (Phi) is 7.87. The van der Waals surface area contributed by atoms with Crippen molar-refractivity contribution in [3.05, 3.63) is 178 Å². The summed E-state index contributed by atoms with van der Waals surface area (Å²) in [6.45, 7) is 4.07. The highest BCUT2D eigenvalue weighted by Gasteiger charge is 2.37. The highest BCUT2D eigenvalue weighted by molar-refractivity contribution is 7.83. The molecule has 0 bridgehead atoms. The summed E-state index contributed by atoms with van der Waals surface area (Å²) >= 11 is 0. The second-order valence-electron chi connectivity index (χ2n) is 10.8. The highest BCUT2D eigenvalue weighted by atomic mass is 31.2. The van der Waals surface area contributed by atoms with Gasteiger partial charge < -0.3 is 9.13 Å². The summed E-state index contributed by atoms with van der Waals surface area (Å²) in [7, 11) is -6.43. The lowest BCUT2D eigenvalue weighted by Crippen LogP contribution is -2.22. The van der Waals surface area contributed by atoms with Crippen LogP contribution in [0, 0.1) is 0 Å². The van der Waals surface area contributed by atoms with Crippen LogP contribution in [-0.2, 0) is 22.0 Å². The molecule has 2 nitrogen and oxygen atoms in total. The van der Waals surface area contributed by atoms with E-state index in [0.717, 1.165) is 43.0 Å². The van der Waals surface area contributed by atoms with Crippen LogP contribution in [-0.4, -0.2) is 0 Å². The zero-order valence-corrected chi connectivity index (χ0v) is 25.8. The van der Waals surface area contributed by atoms with E-state index in [-0.39, 0.29) is 0 Å². The van der Waals surface area contributed by atoms with Gasteiger partial charge in [-0.25, -0.2) is 0 Å². The summed E-state index contributed by atoms with van der Waals surface area (Å²) in [6.07, 6.45) is 1.28. The molecule has 0 amide bonds. The van der Waals surface area contributed by atoms with Crippen molar-refractivity contribution in [1.82, 2.24) is 0 Å². The molecular weight excluding hydrogens is 550 g/mol. The van der Waals surface area contributed by atoms with Crippen LogP contribution < -0.4 is 21.2 Å². The number of benzene rings is 5. The summed E-state index contributed by atoms with van der Waals surface area (Å²) in [4.78, 5) is 0. The Balaban J connectivity index is 1.69. The van der Waals surface area contributed by atoms with Gasteiger partial charge in [0.15, 0.2) is 14.3 Å². The van der Waals surface area contributed by atoms with Crippen molar-refractivity contribution in [2.45, 2.75) is 26.7 Å². The van der Waals surface area contributed by atoms with Crippen molar-refractivity contribution in [3.63, 3.8) is 0 Å². The molecule has 0 heterocycles. The minimum absolute atomic E-state index is 0.641. The molecule has 5 aromatic carbocycles. The molecule has 6 rings (SSSR count). The lowest BCUT2D eigenvalue weighted by atomic mass is 9.84. The number of fused-ring (bicyclic) bond motifs is 1. The molecular formula is C38H34O2P2. The number of hydrogen-bond donors (Lipinski definition) is 0. The maximum absolute atomic E-state index is 15.5. The van der Waals surface area contributed by atoms with Crippen molar-refractivity contribution in [3.8, 4) is 0 Å². The third-order valence-corrected chi connectivity index (χ3v) is 15.0. The largest absolute Gasteiger partial charge is 0.309 e. The molecule has 5 aromatic rings. The lowest BCUT2D eigenvalue weighted by Gasteiger charge is -2.32. The maximum Gasteiger partial charge on any atom is 0.167 e. The molecule has 0 saturated heterocycles. The van der Waals surface area contributed by atoms with Crippen molar-refractivity contribution in [1.29, 1.82) is 0 Å². The van der Waals surface area contributed by atoms with Gasteiger partial charge in [-0.15, -0.1) is 0 Å². The SMILES string of the molecule is C/C(=C1\Cc2ccccc2C\C1=C(/C)P(=O)(c1ccccc1)c1ccccc1)P(=O)(c1ccccc1)c1ccccc1. The first-order valence-corrected chi connectivity index (χ1v) is 17.8. The molecule has 0 aromatic heterocycles. The molecule has 1 aliphatic carbocycles. The third-order valence-electron chi connectivity index (χ3n) is 8.51. The van der Waals surface area contributed by atoms with Crippen LogP contribution in [0.5, 0.6) is 0 Å². The van der Waals surface area contributed by atoms with E-state index < -0.39 is 14.3 Å². The van der Waals surface area contributed by atoms with Gasteiger partial charge in [0.1, 0.15) is 0 Å². The van der Waals surface area contributed by atoms with E-state index in [9.17, 15) is 0 Å². The lowest BCUT2D eigenvalue weighted by molar-refractivity contribution is 0.589. The van der Waals surface area contributed by atoms with Gasteiger partial charge >= 0.3 is 0 Å². The minimum Gasteiger partial charge on any atom is -0.309 e. The van der Waals surface area contributed by atoms with Gasteiger partial charge in [-0.2, -0.15) is 0 Å². The fourth-order valence-electron chi connectivity index (χ4n) is 6.19. The average Bonchev–Trinajstić information content (AvgIpc) is 3.07. The molecule has 0 N–H and O–H groups in total. The Morgan fingerprint density at radius 1 is 0.405 bits per heavy atom. The Morgan fingerprint density at radius 2 is 0.643 bits per heavy atom. The molecule has 0 spiro atoms. The Bertz CT molecular complexity index is 1650. The van der Waals surface area contributed by atoms with Crippen LogP contribution >= 0.6 is 14.3 Å². The smallest absolute Gasteiger partial charge is 0.167 e. The van der Waals surface area contributed by atoms with Crippen molar-refractivity contribution in [2.75, 3.05) is 0 Å². The van der Waals surface area contributed by atoms with E-state index >= 15 is 9.13 Å². The molecule has 42 heavy (non-hydrogen) atoms. The quantitative estimate of drug-likeness (QED) is 0.188. The fourth-order valence-corrected chi connectivity index (χ4v) is 11.9. The van der Waals surface area contributed by atoms with Gasteiger partial charge in [-0.05, 0) is 59.6 Å². The maximum atomic E-state index is 15.5. The predicted molar refractivity (Wildman–Crippen MR) is 179 cm³/mol. The molecule has 0 aliphatic heterocycles. The zero-order chi connectivity index (χ0) is 29.2. The normalized spacial score (nSPS) is 16.0. The van der Waals surface area contributed by atoms with Gasteiger partial charge in [0.2, 0.25) is 0 Å². The molecule has 0 atom stereocenters. The molecule has 4 heteroatoms. The van der Waals surface area contributed by atoms with Gasteiger partial charge in [0, 0.05) is 21.2 Å². The Morgan fingerprint density at radius 3 is 0.905 bits per heavy atom. The molecule has 208 valence electrons. The minimum atomic E-state index is -3.21. The van der Waals surface area contributed by atoms with E-state index in [0.29, 0.717) is 12.8 Å². The van der Waals surface area contributed by atoms with Gasteiger partial charge in [0.25, 0.3) is 0 Å². The van der Waals surface area contributed by atoms with Crippen molar-refractivity contribution in [2.24, 2.45) is 0 Å². The van der Waals surface area contributed by atoms with E-state index in [1.54, 1.807) is 0 Å². The fraction of sp³-hybridized carbons (Fsp3) is 0.105. The summed E-state index contributed by atoms with van der Waals surface area (Å²) < 4.78 is 31.1. The van der Waals surface area contributed by atoms with Crippen LogP contribution in [0.4, 0.5) is 0 Å². The van der Waals surface area contributed by atoms with Crippen molar-refractivity contribution < 1.29 is 9.13 Å². The third kappa shape index (κ3) is 4.90. The number of hydrogen-bond acceptors (Lipinski definition) is 2. The van der Waals surface area contributed by atoms with Crippen LogP contribution in [0.25, 0.3) is 0 Å². The zero-order valence-electron chi connectivity index (χ0n) is 24.0. The topological polar surface area (TPSA) is 34.1 Å². The van der Waals surface area contributed by atoms with Gasteiger partial charge in [0.05, 0.1) is 0 Å². The summed E-state index contributed by atoms with van der Waals surface area (Å²) in [5, 5.41) is 4.96. The van der Waals surface area contributed by atoms with E-state index in [4.69, 9.17) is 0 Å². The van der Waals surface area contributed by atoms with E-state index in [1.807, 2.05) is 135 Å². The standard InChI is InChI=1S/C38H34O2P2/c1-29(41(39,33-19-7-3-8-20-33)34-21-9-4-10-22-34)37-27-31-17-15-16-18-32(31)28-38(37)30(2)42(40,35-23-11-5-12-24-35)36-25-13-6-14-26-36/h3-26H,27-28H2,1-2H3/b37-29-,38-30-. The first kappa shape index (κ1) is 28.2. The molecule has 0 unspecified atom stereocenters. The first-order valence-electron chi connectivity index (χ1n) is 14.3. The molecule has 0 fully saturated rings. The second kappa shape index (κ2) is 11.7. The van der Waals surface area contributed by atoms with E-state index in [2.05, 4.69) is 24.3 Å². The van der Waals surface area contributed by atoms with E-state index in [1.165, 1.54) is 11.1 Å². The molecule has 0 saturated carbocycles. The Hall–Kier alpha value is -3.96. The summed E-state index contributed by atoms with van der Waals surface area (Å²) in [5.41, 5.74) is 4.53. The van der Waals surface area contributed by atoms with Gasteiger partial charge in [-0.3, -0.25) is 0 Å². The first-order chi connectivity index (χ1) is 20.4. The Labute approximate surface area is 249 Å². The van der Waals surface area contributed by atoms with Crippen LogP contribution in [0.15, 0.2) is 167 Å². The van der Waals surface area contributed by atoms with Crippen LogP contribution in [0.1, 0.15) is 25.0 Å². The van der Waals surface area contributed by atoms with Crippen LogP contribution in [0.3, 0.4) is 0 Å². The van der Waals surface area contributed by atoms with Gasteiger partial charge in [-0.1, -0.05) is 146 Å². The highest BCUT2D eigenvalue weighted by Crippen LogP contribution is 2.58. The van der Waals surface area contributed by atoms with Crippen LogP contribution in [0.2, 0.25) is 0 Å². The number of allylic oxidation sites excluding steroid dienone is 4. The summed E-state index contributed by atoms with van der Waals surface area (Å²) in [5.74, 6) is 0. The second-order valence-corrected chi connectivity index (χ2v) is 16.7. The molecule has 1 aliphatic rings. The van der Waals surface area contributed by atoms with Crippen molar-refractivity contribution >= 4 is 35.5 Å². The summed E-state index contributed by atoms with van der Waals surface area (Å²) in [6, 6.07) is 47.8. The average molecular weight is 585 g/mol. The molecule has 0 radical (unpaired) electrons. The monoisotopic (exact) mass is 584 g/mol.